The normalized spacial score (nSPS) is 11.1. The minimum absolute atomic E-state index is 0.524. The zero-order chi connectivity index (χ0) is 33.8. The molecule has 230 valence electrons. The van der Waals surface area contributed by atoms with Gasteiger partial charge < -0.3 is 9.13 Å². The van der Waals surface area contributed by atoms with Gasteiger partial charge in [0.25, 0.3) is 0 Å². The highest BCUT2D eigenvalue weighted by atomic mass is 15.0. The fourth-order valence-corrected chi connectivity index (χ4v) is 7.37. The summed E-state index contributed by atoms with van der Waals surface area (Å²) in [7, 11) is 0. The van der Waals surface area contributed by atoms with E-state index in [2.05, 4.69) is 94.1 Å². The summed E-state index contributed by atoms with van der Waals surface area (Å²) in [5, 5.41) is 34.3. The number of rotatable bonds is 4. The second kappa shape index (κ2) is 11.4. The molecule has 2 heterocycles. The molecule has 0 spiro atoms. The quantitative estimate of drug-likeness (QED) is 0.193. The number of nitriles is 3. The van der Waals surface area contributed by atoms with Crippen molar-refractivity contribution in [3.63, 3.8) is 0 Å². The van der Waals surface area contributed by atoms with Crippen molar-refractivity contribution in [2.45, 2.75) is 0 Å². The standard InChI is InChI=1S/C45H25N5/c46-26-29-13-21-44-39(23-29)37-9-3-4-10-41(37)49(44)34-19-17-31(18-20-34)32-15-16-33(28-48)38(25-32)40-24-30(27-47)14-22-45(40)50-42-11-5-1-7-35(42)36-8-2-6-12-43(36)50/h1-25H. The van der Waals surface area contributed by atoms with E-state index in [9.17, 15) is 15.8 Å². The predicted molar refractivity (Wildman–Crippen MR) is 200 cm³/mol. The summed E-state index contributed by atoms with van der Waals surface area (Å²) in [4.78, 5) is 0. The molecule has 5 nitrogen and oxygen atoms in total. The lowest BCUT2D eigenvalue weighted by Gasteiger charge is -2.16. The van der Waals surface area contributed by atoms with Crippen molar-refractivity contribution >= 4 is 43.6 Å². The Hall–Kier alpha value is -7.39. The van der Waals surface area contributed by atoms with Crippen LogP contribution in [0, 0.1) is 34.0 Å². The first-order valence-corrected chi connectivity index (χ1v) is 16.3. The molecule has 0 saturated carbocycles. The van der Waals surface area contributed by atoms with Crippen LogP contribution in [0.4, 0.5) is 0 Å². The van der Waals surface area contributed by atoms with Crippen LogP contribution < -0.4 is 0 Å². The molecule has 0 atom stereocenters. The molecular formula is C45H25N5. The van der Waals surface area contributed by atoms with E-state index in [1.165, 1.54) is 0 Å². The Labute approximate surface area is 287 Å². The van der Waals surface area contributed by atoms with Gasteiger partial charge in [-0.2, -0.15) is 15.8 Å². The van der Waals surface area contributed by atoms with Crippen molar-refractivity contribution in [3.8, 4) is 51.8 Å². The number of para-hydroxylation sites is 3. The molecule has 0 N–H and O–H groups in total. The number of hydrogen-bond acceptors (Lipinski definition) is 3. The lowest BCUT2D eigenvalue weighted by molar-refractivity contribution is 1.18. The molecular weight excluding hydrogens is 611 g/mol. The van der Waals surface area contributed by atoms with Gasteiger partial charge in [0.1, 0.15) is 0 Å². The van der Waals surface area contributed by atoms with Gasteiger partial charge >= 0.3 is 0 Å². The minimum Gasteiger partial charge on any atom is -0.309 e. The lowest BCUT2D eigenvalue weighted by Crippen LogP contribution is -1.99. The van der Waals surface area contributed by atoms with E-state index in [-0.39, 0.29) is 0 Å². The van der Waals surface area contributed by atoms with E-state index in [0.717, 1.165) is 77.2 Å². The fourth-order valence-electron chi connectivity index (χ4n) is 7.37. The average Bonchev–Trinajstić information content (AvgIpc) is 3.70. The van der Waals surface area contributed by atoms with Crippen molar-refractivity contribution in [1.82, 2.24) is 9.13 Å². The summed E-state index contributed by atoms with van der Waals surface area (Å²) in [5.41, 5.74) is 11.3. The molecule has 50 heavy (non-hydrogen) atoms. The van der Waals surface area contributed by atoms with Crippen molar-refractivity contribution in [1.29, 1.82) is 15.8 Å². The first-order valence-electron chi connectivity index (χ1n) is 16.3. The van der Waals surface area contributed by atoms with Crippen molar-refractivity contribution in [3.05, 3.63) is 168 Å². The first-order chi connectivity index (χ1) is 24.7. The van der Waals surface area contributed by atoms with Crippen LogP contribution in [-0.2, 0) is 0 Å². The third kappa shape index (κ3) is 4.38. The van der Waals surface area contributed by atoms with Crippen LogP contribution in [0.2, 0.25) is 0 Å². The SMILES string of the molecule is N#Cc1ccc(-n2c3ccccc3c3ccccc32)c(-c2cc(-c3ccc(-n4c5ccccc5c5cc(C#N)ccc54)cc3)ccc2C#N)c1. The molecule has 9 aromatic rings. The van der Waals surface area contributed by atoms with Gasteiger partial charge in [0.05, 0.1) is 62.7 Å². The minimum atomic E-state index is 0.524. The molecule has 0 bridgehead atoms. The highest BCUT2D eigenvalue weighted by Crippen LogP contribution is 2.39. The van der Waals surface area contributed by atoms with Crippen LogP contribution in [-0.4, -0.2) is 9.13 Å². The maximum Gasteiger partial charge on any atom is 0.0998 e. The molecule has 9 rings (SSSR count). The van der Waals surface area contributed by atoms with Gasteiger partial charge in [-0.05, 0) is 90.0 Å². The summed E-state index contributed by atoms with van der Waals surface area (Å²) >= 11 is 0. The maximum atomic E-state index is 10.3. The smallest absolute Gasteiger partial charge is 0.0998 e. The van der Waals surface area contributed by atoms with Crippen LogP contribution in [0.1, 0.15) is 16.7 Å². The largest absolute Gasteiger partial charge is 0.309 e. The van der Waals surface area contributed by atoms with Crippen LogP contribution in [0.5, 0.6) is 0 Å². The Morgan fingerprint density at radius 1 is 0.380 bits per heavy atom. The van der Waals surface area contributed by atoms with Crippen LogP contribution in [0.25, 0.3) is 77.2 Å². The van der Waals surface area contributed by atoms with Crippen LogP contribution >= 0.6 is 0 Å². The summed E-state index contributed by atoms with van der Waals surface area (Å²) < 4.78 is 4.46. The van der Waals surface area contributed by atoms with Gasteiger partial charge in [-0.3, -0.25) is 0 Å². The molecule has 0 radical (unpaired) electrons. The van der Waals surface area contributed by atoms with Crippen molar-refractivity contribution < 1.29 is 0 Å². The summed E-state index contributed by atoms with van der Waals surface area (Å²) in [5.74, 6) is 0. The molecule has 0 fully saturated rings. The summed E-state index contributed by atoms with van der Waals surface area (Å²) in [6, 6.07) is 57.8. The Kier molecular flexibility index (Phi) is 6.56. The van der Waals surface area contributed by atoms with E-state index in [1.807, 2.05) is 84.9 Å². The molecule has 0 amide bonds. The fraction of sp³-hybridized carbons (Fsp3) is 0. The molecule has 0 saturated heterocycles. The van der Waals surface area contributed by atoms with Gasteiger partial charge in [-0.15, -0.1) is 0 Å². The summed E-state index contributed by atoms with van der Waals surface area (Å²) in [6.45, 7) is 0. The van der Waals surface area contributed by atoms with E-state index < -0.39 is 0 Å². The van der Waals surface area contributed by atoms with E-state index >= 15 is 0 Å². The third-order valence-corrected chi connectivity index (χ3v) is 9.64. The number of nitrogens with zero attached hydrogens (tertiary/aromatic N) is 5. The monoisotopic (exact) mass is 635 g/mol. The van der Waals surface area contributed by atoms with Gasteiger partial charge in [0, 0.05) is 38.4 Å². The number of fused-ring (bicyclic) bond motifs is 6. The molecule has 2 aromatic heterocycles. The number of aromatic nitrogens is 2. The molecule has 0 aliphatic heterocycles. The van der Waals surface area contributed by atoms with E-state index in [4.69, 9.17) is 0 Å². The molecule has 7 aromatic carbocycles. The van der Waals surface area contributed by atoms with Crippen molar-refractivity contribution in [2.75, 3.05) is 0 Å². The topological polar surface area (TPSA) is 81.2 Å². The van der Waals surface area contributed by atoms with E-state index in [1.54, 1.807) is 0 Å². The predicted octanol–water partition coefficient (Wildman–Crippen LogP) is 10.8. The highest BCUT2D eigenvalue weighted by Gasteiger charge is 2.19. The molecule has 5 heteroatoms. The second-order valence-corrected chi connectivity index (χ2v) is 12.3. The Bertz CT molecular complexity index is 2900. The molecule has 0 aliphatic carbocycles. The first kappa shape index (κ1) is 28.8. The van der Waals surface area contributed by atoms with Gasteiger partial charge in [-0.25, -0.2) is 0 Å². The Morgan fingerprint density at radius 2 is 0.920 bits per heavy atom. The van der Waals surface area contributed by atoms with E-state index in [0.29, 0.717) is 16.7 Å². The Balaban J connectivity index is 1.20. The van der Waals surface area contributed by atoms with Gasteiger partial charge in [-0.1, -0.05) is 72.8 Å². The zero-order valence-electron chi connectivity index (χ0n) is 26.7. The van der Waals surface area contributed by atoms with Gasteiger partial charge in [0.15, 0.2) is 0 Å². The lowest BCUT2D eigenvalue weighted by atomic mass is 9.93. The molecule has 0 aliphatic rings. The zero-order valence-corrected chi connectivity index (χ0v) is 26.7. The van der Waals surface area contributed by atoms with Crippen LogP contribution in [0.15, 0.2) is 152 Å². The number of benzene rings is 7. The third-order valence-electron chi connectivity index (χ3n) is 9.64. The Morgan fingerprint density at radius 3 is 1.56 bits per heavy atom. The second-order valence-electron chi connectivity index (χ2n) is 12.3. The average molecular weight is 636 g/mol. The molecule has 0 unspecified atom stereocenters. The van der Waals surface area contributed by atoms with Crippen LogP contribution in [0.3, 0.4) is 0 Å². The van der Waals surface area contributed by atoms with Gasteiger partial charge in [0.2, 0.25) is 0 Å². The van der Waals surface area contributed by atoms with Crippen molar-refractivity contribution in [2.24, 2.45) is 0 Å². The summed E-state index contributed by atoms with van der Waals surface area (Å²) in [6.07, 6.45) is 0. The highest BCUT2D eigenvalue weighted by molar-refractivity contribution is 6.11. The number of hydrogen-bond donors (Lipinski definition) is 0. The maximum absolute atomic E-state index is 10.3.